The topological polar surface area (TPSA) is 74.1 Å². The number of fused-ring (bicyclic) bond motifs is 1. The Labute approximate surface area is 247 Å². The second-order valence-corrected chi connectivity index (χ2v) is 10.4. The number of aromatic nitrogens is 2. The van der Waals surface area contributed by atoms with Crippen molar-refractivity contribution in [3.05, 3.63) is 126 Å². The van der Waals surface area contributed by atoms with E-state index in [-0.39, 0.29) is 24.3 Å². The molecule has 2 aromatic heterocycles. The van der Waals surface area contributed by atoms with Gasteiger partial charge >= 0.3 is 0 Å². The van der Waals surface area contributed by atoms with Crippen LogP contribution in [-0.2, 0) is 17.8 Å². The fraction of sp³-hybridized carbons (Fsp3) is 0.257. The number of nitrogens with zero attached hydrogens (tertiary/aromatic N) is 2. The van der Waals surface area contributed by atoms with Crippen molar-refractivity contribution in [2.75, 3.05) is 14.2 Å². The minimum Gasteiger partial charge on any atom is -0.497 e. The third kappa shape index (κ3) is 7.10. The predicted molar refractivity (Wildman–Crippen MR) is 164 cm³/mol. The highest BCUT2D eigenvalue weighted by Crippen LogP contribution is 2.35. The molecule has 2 heterocycles. The average Bonchev–Trinajstić information content (AvgIpc) is 3.47. The molecule has 2 atom stereocenters. The van der Waals surface area contributed by atoms with Gasteiger partial charge in [0.2, 0.25) is 5.91 Å². The molecule has 0 aliphatic carbocycles. The molecule has 0 spiro atoms. The van der Waals surface area contributed by atoms with Gasteiger partial charge < -0.3 is 23.9 Å². The van der Waals surface area contributed by atoms with Crippen LogP contribution < -0.4 is 19.5 Å². The average molecular weight is 564 g/mol. The van der Waals surface area contributed by atoms with Crippen molar-refractivity contribution in [3.63, 3.8) is 0 Å². The number of carbonyl (C=O) groups is 1. The first kappa shape index (κ1) is 28.7. The number of aryl methyl sites for hydroxylation is 1. The number of amides is 1. The summed E-state index contributed by atoms with van der Waals surface area (Å²) in [6.07, 6.45) is 5.77. The summed E-state index contributed by atoms with van der Waals surface area (Å²) in [5.74, 6) is 1.65. The number of ether oxygens (including phenoxy) is 3. The minimum atomic E-state index is -0.310. The molecule has 0 radical (unpaired) electrons. The number of rotatable bonds is 13. The fourth-order valence-electron chi connectivity index (χ4n) is 5.15. The van der Waals surface area contributed by atoms with E-state index in [0.29, 0.717) is 29.5 Å². The van der Waals surface area contributed by atoms with Gasteiger partial charge in [-0.25, -0.2) is 4.98 Å². The molecule has 0 unspecified atom stereocenters. The number of carbonyl (C=O) groups excluding carboxylic acids is 1. The van der Waals surface area contributed by atoms with E-state index in [9.17, 15) is 4.79 Å². The van der Waals surface area contributed by atoms with Gasteiger partial charge in [0.25, 0.3) is 0 Å². The zero-order valence-corrected chi connectivity index (χ0v) is 24.3. The van der Waals surface area contributed by atoms with E-state index in [1.807, 2.05) is 95.7 Å². The number of methoxy groups -OCH3 is 2. The summed E-state index contributed by atoms with van der Waals surface area (Å²) >= 11 is 0. The fourth-order valence-corrected chi connectivity index (χ4v) is 5.15. The Balaban J connectivity index is 1.41. The summed E-state index contributed by atoms with van der Waals surface area (Å²) in [6, 6.07) is 30.0. The van der Waals surface area contributed by atoms with Crippen LogP contribution in [0.25, 0.3) is 5.65 Å². The highest BCUT2D eigenvalue weighted by Gasteiger charge is 2.25. The quantitative estimate of drug-likeness (QED) is 0.175. The molecule has 0 bridgehead atoms. The number of hydrogen-bond donors (Lipinski definition) is 1. The maximum Gasteiger partial charge on any atom is 0.221 e. The van der Waals surface area contributed by atoms with Crippen molar-refractivity contribution in [2.45, 2.75) is 44.8 Å². The first-order chi connectivity index (χ1) is 20.5. The van der Waals surface area contributed by atoms with Gasteiger partial charge in [-0.3, -0.25) is 4.79 Å². The Hall–Kier alpha value is -4.78. The van der Waals surface area contributed by atoms with E-state index < -0.39 is 0 Å². The van der Waals surface area contributed by atoms with Crippen LogP contribution in [0.1, 0.15) is 48.1 Å². The van der Waals surface area contributed by atoms with Crippen LogP contribution in [-0.4, -0.2) is 35.6 Å². The monoisotopic (exact) mass is 563 g/mol. The standard InChI is InChI=1S/C35H37N3O4/c1-25(16-17-26-11-6-4-7-12-26)37-34(39)22-31(28-19-29(40-2)21-30(20-28)41-3)32-23-36-35-33(15-10-18-38(32)35)42-24-27-13-8-5-9-14-27/h4-15,18-21,23,25,31H,16-17,22,24H2,1-3H3,(H,37,39)/t25-,31-/m1/s1. The summed E-state index contributed by atoms with van der Waals surface area (Å²) in [6.45, 7) is 2.48. The summed E-state index contributed by atoms with van der Waals surface area (Å²) in [4.78, 5) is 18.2. The molecular formula is C35H37N3O4. The third-order valence-corrected chi connectivity index (χ3v) is 7.40. The van der Waals surface area contributed by atoms with Gasteiger partial charge in [-0.1, -0.05) is 60.7 Å². The molecule has 0 saturated carbocycles. The summed E-state index contributed by atoms with van der Waals surface area (Å²) < 4.78 is 19.3. The van der Waals surface area contributed by atoms with Gasteiger partial charge in [-0.15, -0.1) is 0 Å². The SMILES string of the molecule is COc1cc(OC)cc([C@@H](CC(=O)N[C@H](C)CCc2ccccc2)c2cnc3c(OCc4ccccc4)cccn23)c1. The van der Waals surface area contributed by atoms with Gasteiger partial charge in [-0.2, -0.15) is 0 Å². The second kappa shape index (κ2) is 13.7. The highest BCUT2D eigenvalue weighted by molar-refractivity contribution is 5.78. The lowest BCUT2D eigenvalue weighted by Crippen LogP contribution is -2.34. The van der Waals surface area contributed by atoms with Crippen molar-refractivity contribution >= 4 is 11.6 Å². The van der Waals surface area contributed by atoms with Crippen LogP contribution >= 0.6 is 0 Å². The number of hydrogen-bond acceptors (Lipinski definition) is 5. The van der Waals surface area contributed by atoms with Gasteiger partial charge in [0, 0.05) is 36.8 Å². The largest absolute Gasteiger partial charge is 0.497 e. The van der Waals surface area contributed by atoms with E-state index in [1.165, 1.54) is 5.56 Å². The third-order valence-electron chi connectivity index (χ3n) is 7.40. The Morgan fingerprint density at radius 2 is 1.55 bits per heavy atom. The summed E-state index contributed by atoms with van der Waals surface area (Å²) in [7, 11) is 3.25. The van der Waals surface area contributed by atoms with Crippen molar-refractivity contribution in [1.29, 1.82) is 0 Å². The molecule has 42 heavy (non-hydrogen) atoms. The van der Waals surface area contributed by atoms with Crippen LogP contribution in [0.2, 0.25) is 0 Å². The Kier molecular flexibility index (Phi) is 9.39. The molecule has 1 amide bonds. The van der Waals surface area contributed by atoms with E-state index in [0.717, 1.165) is 29.7 Å². The molecule has 0 saturated heterocycles. The zero-order chi connectivity index (χ0) is 29.3. The second-order valence-electron chi connectivity index (χ2n) is 10.4. The van der Waals surface area contributed by atoms with Gasteiger partial charge in [0.05, 0.1) is 19.9 Å². The summed E-state index contributed by atoms with van der Waals surface area (Å²) in [5, 5.41) is 3.21. The first-order valence-corrected chi connectivity index (χ1v) is 14.2. The van der Waals surface area contributed by atoms with Crippen molar-refractivity contribution < 1.29 is 19.0 Å². The lowest BCUT2D eigenvalue weighted by molar-refractivity contribution is -0.121. The maximum absolute atomic E-state index is 13.5. The maximum atomic E-state index is 13.5. The Morgan fingerprint density at radius 3 is 2.21 bits per heavy atom. The molecular weight excluding hydrogens is 526 g/mol. The Bertz CT molecular complexity index is 1580. The summed E-state index contributed by atoms with van der Waals surface area (Å²) in [5.41, 5.74) is 4.80. The normalized spacial score (nSPS) is 12.5. The minimum absolute atomic E-state index is 0.0263. The van der Waals surface area contributed by atoms with Crippen LogP contribution in [0.15, 0.2) is 103 Å². The van der Waals surface area contributed by atoms with E-state index >= 15 is 0 Å². The van der Waals surface area contributed by atoms with Crippen LogP contribution in [0, 0.1) is 0 Å². The van der Waals surface area contributed by atoms with Crippen molar-refractivity contribution in [2.24, 2.45) is 0 Å². The number of benzene rings is 3. The molecule has 3 aromatic carbocycles. The molecule has 5 aromatic rings. The predicted octanol–water partition coefficient (Wildman–Crippen LogP) is 6.59. The molecule has 0 fully saturated rings. The molecule has 0 aliphatic heterocycles. The van der Waals surface area contributed by atoms with Gasteiger partial charge in [-0.05, 0) is 60.7 Å². The van der Waals surface area contributed by atoms with Gasteiger partial charge in [0.15, 0.2) is 11.4 Å². The van der Waals surface area contributed by atoms with Crippen LogP contribution in [0.3, 0.4) is 0 Å². The lowest BCUT2D eigenvalue weighted by Gasteiger charge is -2.21. The number of pyridine rings is 1. The Morgan fingerprint density at radius 1 is 0.881 bits per heavy atom. The number of imidazole rings is 1. The van der Waals surface area contributed by atoms with Gasteiger partial charge in [0.1, 0.15) is 18.1 Å². The molecule has 0 aliphatic rings. The van der Waals surface area contributed by atoms with Crippen LogP contribution in [0.5, 0.6) is 17.2 Å². The van der Waals surface area contributed by atoms with Crippen molar-refractivity contribution in [1.82, 2.24) is 14.7 Å². The lowest BCUT2D eigenvalue weighted by atomic mass is 9.91. The molecule has 1 N–H and O–H groups in total. The first-order valence-electron chi connectivity index (χ1n) is 14.2. The smallest absolute Gasteiger partial charge is 0.221 e. The van der Waals surface area contributed by atoms with Crippen LogP contribution in [0.4, 0.5) is 0 Å². The molecule has 5 rings (SSSR count). The zero-order valence-electron chi connectivity index (χ0n) is 24.3. The van der Waals surface area contributed by atoms with Crippen molar-refractivity contribution in [3.8, 4) is 17.2 Å². The number of nitrogens with one attached hydrogen (secondary N) is 1. The van der Waals surface area contributed by atoms with E-state index in [2.05, 4.69) is 24.4 Å². The molecule has 7 nitrogen and oxygen atoms in total. The molecule has 216 valence electrons. The van der Waals surface area contributed by atoms with E-state index in [1.54, 1.807) is 14.2 Å². The highest BCUT2D eigenvalue weighted by atomic mass is 16.5. The van der Waals surface area contributed by atoms with E-state index in [4.69, 9.17) is 19.2 Å². The molecule has 7 heteroatoms.